The number of rotatable bonds is 4. The van der Waals surface area contributed by atoms with Gasteiger partial charge in [0.25, 0.3) is 11.6 Å². The molecule has 0 spiro atoms. The summed E-state index contributed by atoms with van der Waals surface area (Å²) in [6, 6.07) is 13.9. The van der Waals surface area contributed by atoms with Crippen molar-refractivity contribution < 1.29 is 9.72 Å². The zero-order chi connectivity index (χ0) is 16.4. The SMILES string of the molecule is CN(Cc1ccccc1)C(=O)c1n[nH]c2ccc([N+](=O)[O-])cc12. The maximum absolute atomic E-state index is 12.6. The van der Waals surface area contributed by atoms with Crippen molar-refractivity contribution in [2.75, 3.05) is 7.05 Å². The van der Waals surface area contributed by atoms with Gasteiger partial charge in [0.2, 0.25) is 0 Å². The van der Waals surface area contributed by atoms with Crippen molar-refractivity contribution in [3.8, 4) is 0 Å². The summed E-state index contributed by atoms with van der Waals surface area (Å²) in [7, 11) is 1.67. The summed E-state index contributed by atoms with van der Waals surface area (Å²) in [5, 5.41) is 18.1. The lowest BCUT2D eigenvalue weighted by molar-refractivity contribution is -0.384. The third-order valence-corrected chi connectivity index (χ3v) is 3.57. The van der Waals surface area contributed by atoms with Gasteiger partial charge in [-0.15, -0.1) is 0 Å². The molecule has 0 atom stereocenters. The van der Waals surface area contributed by atoms with Crippen LogP contribution in [0.2, 0.25) is 0 Å². The van der Waals surface area contributed by atoms with Crippen LogP contribution in [0, 0.1) is 10.1 Å². The lowest BCUT2D eigenvalue weighted by Crippen LogP contribution is -2.26. The number of benzene rings is 2. The lowest BCUT2D eigenvalue weighted by atomic mass is 10.1. The van der Waals surface area contributed by atoms with E-state index < -0.39 is 4.92 Å². The number of nitrogens with zero attached hydrogens (tertiary/aromatic N) is 3. The summed E-state index contributed by atoms with van der Waals surface area (Å²) in [6.07, 6.45) is 0. The first-order valence-corrected chi connectivity index (χ1v) is 6.98. The Hall–Kier alpha value is -3.22. The van der Waals surface area contributed by atoms with Crippen molar-refractivity contribution in [3.05, 3.63) is 69.9 Å². The lowest BCUT2D eigenvalue weighted by Gasteiger charge is -2.16. The van der Waals surface area contributed by atoms with E-state index in [1.165, 1.54) is 17.0 Å². The van der Waals surface area contributed by atoms with Gasteiger partial charge in [-0.1, -0.05) is 30.3 Å². The van der Waals surface area contributed by atoms with Gasteiger partial charge in [0.05, 0.1) is 10.4 Å². The molecule has 0 radical (unpaired) electrons. The number of aromatic nitrogens is 2. The molecule has 0 saturated heterocycles. The molecule has 0 bridgehead atoms. The van der Waals surface area contributed by atoms with Crippen molar-refractivity contribution in [2.45, 2.75) is 6.54 Å². The van der Waals surface area contributed by atoms with E-state index in [0.29, 0.717) is 17.4 Å². The zero-order valence-electron chi connectivity index (χ0n) is 12.4. The van der Waals surface area contributed by atoms with Crippen molar-refractivity contribution in [1.29, 1.82) is 0 Å². The number of nitrogens with one attached hydrogen (secondary N) is 1. The Balaban J connectivity index is 1.91. The zero-order valence-corrected chi connectivity index (χ0v) is 12.4. The molecule has 1 aromatic heterocycles. The van der Waals surface area contributed by atoms with Crippen LogP contribution in [-0.2, 0) is 6.54 Å². The fraction of sp³-hybridized carbons (Fsp3) is 0.125. The second kappa shape index (κ2) is 5.88. The highest BCUT2D eigenvalue weighted by molar-refractivity contribution is 6.05. The van der Waals surface area contributed by atoms with Gasteiger partial charge in [-0.2, -0.15) is 5.10 Å². The van der Waals surface area contributed by atoms with Gasteiger partial charge in [-0.3, -0.25) is 20.0 Å². The molecular formula is C16H14N4O3. The first-order chi connectivity index (χ1) is 11.1. The van der Waals surface area contributed by atoms with Crippen LogP contribution in [0.15, 0.2) is 48.5 Å². The fourth-order valence-electron chi connectivity index (χ4n) is 2.39. The number of carbonyl (C=O) groups excluding carboxylic acids is 1. The number of fused-ring (bicyclic) bond motifs is 1. The molecule has 0 aliphatic heterocycles. The van der Waals surface area contributed by atoms with E-state index in [2.05, 4.69) is 10.2 Å². The number of amides is 1. The Morgan fingerprint density at radius 2 is 2.00 bits per heavy atom. The molecule has 1 N–H and O–H groups in total. The van der Waals surface area contributed by atoms with Crippen LogP contribution < -0.4 is 0 Å². The summed E-state index contributed by atoms with van der Waals surface area (Å²) in [6.45, 7) is 0.433. The molecule has 2 aromatic carbocycles. The maximum atomic E-state index is 12.6. The molecule has 7 heteroatoms. The summed E-state index contributed by atoms with van der Waals surface area (Å²) in [5.41, 5.74) is 1.70. The number of aromatic amines is 1. The molecule has 116 valence electrons. The van der Waals surface area contributed by atoms with Crippen molar-refractivity contribution in [1.82, 2.24) is 15.1 Å². The van der Waals surface area contributed by atoms with Crippen molar-refractivity contribution >= 4 is 22.5 Å². The van der Waals surface area contributed by atoms with Gasteiger partial charge in [-0.25, -0.2) is 0 Å². The first-order valence-electron chi connectivity index (χ1n) is 6.98. The van der Waals surface area contributed by atoms with Gasteiger partial charge in [0.15, 0.2) is 5.69 Å². The third-order valence-electron chi connectivity index (χ3n) is 3.57. The predicted octanol–water partition coefficient (Wildman–Crippen LogP) is 2.74. The van der Waals surface area contributed by atoms with Crippen LogP contribution in [0.25, 0.3) is 10.9 Å². The van der Waals surface area contributed by atoms with E-state index in [0.717, 1.165) is 5.56 Å². The largest absolute Gasteiger partial charge is 0.336 e. The standard InChI is InChI=1S/C16H14N4O3/c1-19(10-11-5-3-2-4-6-11)16(21)15-13-9-12(20(22)23)7-8-14(13)17-18-15/h2-9H,10H2,1H3,(H,17,18). The maximum Gasteiger partial charge on any atom is 0.275 e. The number of non-ortho nitro benzene ring substituents is 1. The average molecular weight is 310 g/mol. The Kier molecular flexibility index (Phi) is 3.76. The van der Waals surface area contributed by atoms with E-state index in [9.17, 15) is 14.9 Å². The van der Waals surface area contributed by atoms with Gasteiger partial charge in [0.1, 0.15) is 0 Å². The Labute approximate surface area is 131 Å². The number of carbonyl (C=O) groups is 1. The molecular weight excluding hydrogens is 296 g/mol. The number of nitro benzene ring substituents is 1. The van der Waals surface area contributed by atoms with Crippen LogP contribution in [0.3, 0.4) is 0 Å². The van der Waals surface area contributed by atoms with Crippen molar-refractivity contribution in [3.63, 3.8) is 0 Å². The van der Waals surface area contributed by atoms with Crippen LogP contribution in [0.4, 0.5) is 5.69 Å². The van der Waals surface area contributed by atoms with E-state index in [1.54, 1.807) is 13.1 Å². The number of nitro groups is 1. The topological polar surface area (TPSA) is 92.1 Å². The monoisotopic (exact) mass is 310 g/mol. The summed E-state index contributed by atoms with van der Waals surface area (Å²) < 4.78 is 0. The molecule has 0 saturated carbocycles. The molecule has 7 nitrogen and oxygen atoms in total. The number of hydrogen-bond donors (Lipinski definition) is 1. The van der Waals surface area contributed by atoms with Crippen molar-refractivity contribution in [2.24, 2.45) is 0 Å². The smallest absolute Gasteiger partial charge is 0.275 e. The molecule has 1 amide bonds. The summed E-state index contributed by atoms with van der Waals surface area (Å²) in [5.74, 6) is -0.291. The molecule has 3 rings (SSSR count). The molecule has 0 aliphatic rings. The minimum absolute atomic E-state index is 0.0707. The van der Waals surface area contributed by atoms with E-state index in [1.807, 2.05) is 30.3 Å². The molecule has 0 fully saturated rings. The third kappa shape index (κ3) is 2.89. The van der Waals surface area contributed by atoms with E-state index in [-0.39, 0.29) is 17.3 Å². The summed E-state index contributed by atoms with van der Waals surface area (Å²) in [4.78, 5) is 24.5. The quantitative estimate of drug-likeness (QED) is 0.592. The first kappa shape index (κ1) is 14.7. The van der Waals surface area contributed by atoms with Crippen LogP contribution in [0.1, 0.15) is 16.1 Å². The number of H-pyrrole nitrogens is 1. The summed E-state index contributed by atoms with van der Waals surface area (Å²) >= 11 is 0. The Morgan fingerprint density at radius 1 is 1.26 bits per heavy atom. The van der Waals surface area contributed by atoms with Gasteiger partial charge >= 0.3 is 0 Å². The highest BCUT2D eigenvalue weighted by Crippen LogP contribution is 2.23. The van der Waals surface area contributed by atoms with Crippen LogP contribution in [-0.4, -0.2) is 33.0 Å². The van der Waals surface area contributed by atoms with Gasteiger partial charge in [0, 0.05) is 31.1 Å². The molecule has 3 aromatic rings. The normalized spacial score (nSPS) is 10.7. The van der Waals surface area contributed by atoms with Crippen LogP contribution in [0.5, 0.6) is 0 Å². The molecule has 0 unspecified atom stereocenters. The molecule has 1 heterocycles. The predicted molar refractivity (Wildman–Crippen MR) is 85.0 cm³/mol. The van der Waals surface area contributed by atoms with E-state index >= 15 is 0 Å². The van der Waals surface area contributed by atoms with Gasteiger partial charge < -0.3 is 4.90 Å². The highest BCUT2D eigenvalue weighted by atomic mass is 16.6. The molecule has 23 heavy (non-hydrogen) atoms. The minimum atomic E-state index is -0.492. The average Bonchev–Trinajstić information content (AvgIpc) is 2.98. The number of hydrogen-bond acceptors (Lipinski definition) is 4. The van der Waals surface area contributed by atoms with Gasteiger partial charge in [-0.05, 0) is 11.6 Å². The second-order valence-electron chi connectivity index (χ2n) is 5.21. The second-order valence-corrected chi connectivity index (χ2v) is 5.21. The minimum Gasteiger partial charge on any atom is -0.336 e. The fourth-order valence-corrected chi connectivity index (χ4v) is 2.39. The van der Waals surface area contributed by atoms with Crippen LogP contribution >= 0.6 is 0 Å². The Bertz CT molecular complexity index is 873. The van der Waals surface area contributed by atoms with E-state index in [4.69, 9.17) is 0 Å². The molecule has 0 aliphatic carbocycles. The Morgan fingerprint density at radius 3 is 2.70 bits per heavy atom. The highest BCUT2D eigenvalue weighted by Gasteiger charge is 2.20.